The van der Waals surface area contributed by atoms with Gasteiger partial charge in [-0.3, -0.25) is 0 Å². The molecule has 2 aromatic carbocycles. The van der Waals surface area contributed by atoms with Crippen molar-refractivity contribution < 1.29 is 26.5 Å². The van der Waals surface area contributed by atoms with Crippen LogP contribution in [0.1, 0.15) is 5.76 Å². The zero-order chi connectivity index (χ0) is 19.9. The molecule has 5 nitrogen and oxygen atoms in total. The number of aryl methyl sites for hydroxylation is 1. The Morgan fingerprint density at radius 2 is 1.74 bits per heavy atom. The molecule has 142 valence electrons. The van der Waals surface area contributed by atoms with E-state index in [0.29, 0.717) is 33.4 Å². The van der Waals surface area contributed by atoms with Gasteiger partial charge in [0.2, 0.25) is 0 Å². The molecule has 0 aliphatic rings. The summed E-state index contributed by atoms with van der Waals surface area (Å²) < 4.78 is 62.2. The molecule has 3 rings (SSSR count). The van der Waals surface area contributed by atoms with E-state index < -0.39 is 26.4 Å². The molecule has 0 aliphatic carbocycles. The first kappa shape index (κ1) is 19.3. The predicted octanol–water partition coefficient (Wildman–Crippen LogP) is 4.66. The van der Waals surface area contributed by atoms with Crippen molar-refractivity contribution in [3.8, 4) is 28.1 Å². The molecule has 0 saturated heterocycles. The summed E-state index contributed by atoms with van der Waals surface area (Å²) in [5.41, 5.74) is 1.29. The molecule has 0 spiro atoms. The van der Waals surface area contributed by atoms with Gasteiger partial charge in [-0.05, 0) is 36.8 Å². The lowest BCUT2D eigenvalue weighted by atomic mass is 9.99. The fraction of sp³-hybridized carbons (Fsp3) is 0.167. The Kier molecular flexibility index (Phi) is 4.96. The zero-order valence-corrected chi connectivity index (χ0v) is 16.1. The van der Waals surface area contributed by atoms with Crippen LogP contribution >= 0.6 is 11.6 Å². The molecule has 0 saturated carbocycles. The van der Waals surface area contributed by atoms with Crippen LogP contribution in [0.4, 0.5) is 8.78 Å². The summed E-state index contributed by atoms with van der Waals surface area (Å²) in [6.45, 7) is 1.58. The second kappa shape index (κ2) is 6.94. The summed E-state index contributed by atoms with van der Waals surface area (Å²) in [5, 5.41) is 4.35. The number of nitrogens with zero attached hydrogens (tertiary/aromatic N) is 1. The summed E-state index contributed by atoms with van der Waals surface area (Å²) in [4.78, 5) is -0.977. The Morgan fingerprint density at radius 3 is 2.30 bits per heavy atom. The Bertz CT molecular complexity index is 1120. The number of hydrogen-bond donors (Lipinski definition) is 0. The Balaban J connectivity index is 2.22. The van der Waals surface area contributed by atoms with E-state index in [1.54, 1.807) is 25.1 Å². The molecule has 0 N–H and O–H groups in total. The minimum absolute atomic E-state index is 0.0973. The maximum Gasteiger partial charge on any atom is 0.181 e. The molecule has 0 bridgehead atoms. The van der Waals surface area contributed by atoms with Crippen LogP contribution in [0.25, 0.3) is 22.4 Å². The van der Waals surface area contributed by atoms with E-state index in [-0.39, 0.29) is 5.56 Å². The maximum atomic E-state index is 14.3. The SMILES string of the molecule is COc1cc(-c2noc(C)c2-c2cc(F)c(S(C)(=O)=O)c(F)c2)ccc1Cl. The first-order valence-corrected chi connectivity index (χ1v) is 9.90. The van der Waals surface area contributed by atoms with Crippen LogP contribution in [0.2, 0.25) is 5.02 Å². The summed E-state index contributed by atoms with van der Waals surface area (Å²) in [6.07, 6.45) is 0.740. The second-order valence-electron chi connectivity index (χ2n) is 5.85. The van der Waals surface area contributed by atoms with Crippen LogP contribution in [0, 0.1) is 18.6 Å². The molecular weight excluding hydrogens is 400 g/mol. The first-order chi connectivity index (χ1) is 12.6. The van der Waals surface area contributed by atoms with E-state index in [9.17, 15) is 17.2 Å². The molecule has 0 fully saturated rings. The molecular formula is C18H14ClF2NO4S. The summed E-state index contributed by atoms with van der Waals surface area (Å²) in [5.74, 6) is -1.67. The van der Waals surface area contributed by atoms with Crippen molar-refractivity contribution in [2.45, 2.75) is 11.8 Å². The predicted molar refractivity (Wildman–Crippen MR) is 96.7 cm³/mol. The number of rotatable bonds is 4. The van der Waals surface area contributed by atoms with Crippen molar-refractivity contribution in [3.63, 3.8) is 0 Å². The van der Waals surface area contributed by atoms with Crippen LogP contribution in [0.3, 0.4) is 0 Å². The summed E-state index contributed by atoms with van der Waals surface area (Å²) in [6, 6.07) is 6.74. The average molecular weight is 414 g/mol. The van der Waals surface area contributed by atoms with E-state index >= 15 is 0 Å². The van der Waals surface area contributed by atoms with Gasteiger partial charge in [-0.1, -0.05) is 22.8 Å². The highest BCUT2D eigenvalue weighted by Crippen LogP contribution is 2.38. The van der Waals surface area contributed by atoms with Crippen LogP contribution in [0.15, 0.2) is 39.8 Å². The van der Waals surface area contributed by atoms with Gasteiger partial charge in [0.05, 0.1) is 17.7 Å². The molecule has 0 atom stereocenters. The van der Waals surface area contributed by atoms with E-state index in [2.05, 4.69) is 5.16 Å². The number of sulfone groups is 1. The van der Waals surface area contributed by atoms with Gasteiger partial charge >= 0.3 is 0 Å². The largest absolute Gasteiger partial charge is 0.495 e. The van der Waals surface area contributed by atoms with Gasteiger partial charge < -0.3 is 9.26 Å². The normalized spacial score (nSPS) is 11.6. The zero-order valence-electron chi connectivity index (χ0n) is 14.5. The van der Waals surface area contributed by atoms with E-state index in [4.69, 9.17) is 20.9 Å². The quantitative estimate of drug-likeness (QED) is 0.622. The van der Waals surface area contributed by atoms with Gasteiger partial charge in [0.25, 0.3) is 0 Å². The standard InChI is InChI=1S/C18H14ClF2NO4S/c1-9-16(11-6-13(20)18(14(21)7-11)27(3,23)24)17(22-26-9)10-4-5-12(19)15(8-10)25-2/h4-8H,1-3H3. The Hall–Kier alpha value is -2.45. The first-order valence-electron chi connectivity index (χ1n) is 7.63. The molecule has 27 heavy (non-hydrogen) atoms. The van der Waals surface area contributed by atoms with E-state index in [0.717, 1.165) is 18.4 Å². The van der Waals surface area contributed by atoms with Gasteiger partial charge in [-0.25, -0.2) is 17.2 Å². The third-order valence-corrected chi connectivity index (χ3v) is 5.39. The summed E-state index contributed by atoms with van der Waals surface area (Å²) in [7, 11) is -2.60. The lowest BCUT2D eigenvalue weighted by Gasteiger charge is -2.09. The molecule has 1 aromatic heterocycles. The highest BCUT2D eigenvalue weighted by molar-refractivity contribution is 7.90. The second-order valence-corrected chi connectivity index (χ2v) is 8.21. The molecule has 1 heterocycles. The Morgan fingerprint density at radius 1 is 1.11 bits per heavy atom. The average Bonchev–Trinajstić information content (AvgIpc) is 2.95. The van der Waals surface area contributed by atoms with Crippen molar-refractivity contribution in [3.05, 3.63) is 52.7 Å². The van der Waals surface area contributed by atoms with Gasteiger partial charge in [0.1, 0.15) is 33.7 Å². The highest BCUT2D eigenvalue weighted by Gasteiger charge is 2.24. The monoisotopic (exact) mass is 413 g/mol. The number of halogens is 3. The van der Waals surface area contributed by atoms with Crippen molar-refractivity contribution in [2.75, 3.05) is 13.4 Å². The van der Waals surface area contributed by atoms with Gasteiger partial charge in [-0.15, -0.1) is 0 Å². The topological polar surface area (TPSA) is 69.4 Å². The van der Waals surface area contributed by atoms with Crippen LogP contribution < -0.4 is 4.74 Å². The van der Waals surface area contributed by atoms with Crippen LogP contribution in [-0.4, -0.2) is 26.9 Å². The highest BCUT2D eigenvalue weighted by atomic mass is 35.5. The molecule has 3 aromatic rings. The number of hydrogen-bond acceptors (Lipinski definition) is 5. The smallest absolute Gasteiger partial charge is 0.181 e. The number of ether oxygens (including phenoxy) is 1. The fourth-order valence-electron chi connectivity index (χ4n) is 2.77. The Labute approximate surface area is 159 Å². The lowest BCUT2D eigenvalue weighted by molar-refractivity contribution is 0.400. The fourth-order valence-corrected chi connectivity index (χ4v) is 3.80. The van der Waals surface area contributed by atoms with E-state index in [1.807, 2.05) is 0 Å². The third kappa shape index (κ3) is 3.54. The van der Waals surface area contributed by atoms with Crippen LogP contribution in [-0.2, 0) is 9.84 Å². The molecule has 0 aliphatic heterocycles. The van der Waals surface area contributed by atoms with Crippen LogP contribution in [0.5, 0.6) is 5.75 Å². The van der Waals surface area contributed by atoms with Crippen molar-refractivity contribution in [2.24, 2.45) is 0 Å². The van der Waals surface area contributed by atoms with Crippen molar-refractivity contribution in [1.82, 2.24) is 5.16 Å². The molecule has 0 radical (unpaired) electrons. The molecule has 0 amide bonds. The van der Waals surface area contributed by atoms with E-state index in [1.165, 1.54) is 7.11 Å². The minimum atomic E-state index is -4.06. The number of aromatic nitrogens is 1. The molecule has 0 unspecified atom stereocenters. The number of benzene rings is 2. The van der Waals surface area contributed by atoms with Crippen molar-refractivity contribution in [1.29, 1.82) is 0 Å². The van der Waals surface area contributed by atoms with Crippen molar-refractivity contribution >= 4 is 21.4 Å². The molecule has 9 heteroatoms. The maximum absolute atomic E-state index is 14.3. The van der Waals surface area contributed by atoms with Gasteiger partial charge in [0.15, 0.2) is 9.84 Å². The van der Waals surface area contributed by atoms with Gasteiger partial charge in [-0.2, -0.15) is 0 Å². The lowest BCUT2D eigenvalue weighted by Crippen LogP contribution is -2.05. The summed E-state index contributed by atoms with van der Waals surface area (Å²) >= 11 is 6.02. The third-order valence-electron chi connectivity index (χ3n) is 3.95. The number of methoxy groups -OCH3 is 1. The van der Waals surface area contributed by atoms with Gasteiger partial charge in [0, 0.05) is 11.8 Å². The minimum Gasteiger partial charge on any atom is -0.495 e.